The lowest BCUT2D eigenvalue weighted by Gasteiger charge is -2.04. The van der Waals surface area contributed by atoms with Crippen LogP contribution in [0.1, 0.15) is 6.92 Å². The van der Waals surface area contributed by atoms with Gasteiger partial charge in [0.2, 0.25) is 0 Å². The molecule has 0 amide bonds. The summed E-state index contributed by atoms with van der Waals surface area (Å²) in [6, 6.07) is 0. The standard InChI is InChI=1S/C3H9O3PS/c1-3-6-7(4,5)8-2/h3H2,1-2H3,(H,4,5). The van der Waals surface area contributed by atoms with Crippen LogP contribution in [0.4, 0.5) is 0 Å². The number of hydrogen-bond donors (Lipinski definition) is 1. The highest BCUT2D eigenvalue weighted by molar-refractivity contribution is 8.54. The largest absolute Gasteiger partial charge is 0.386 e. The second kappa shape index (κ2) is 3.51. The Morgan fingerprint density at radius 3 is 2.50 bits per heavy atom. The molecule has 0 fully saturated rings. The van der Waals surface area contributed by atoms with Gasteiger partial charge in [-0.1, -0.05) is 0 Å². The molecule has 0 bridgehead atoms. The number of hydrogen-bond acceptors (Lipinski definition) is 3. The second-order valence-electron chi connectivity index (χ2n) is 1.07. The van der Waals surface area contributed by atoms with Crippen LogP contribution in [0.3, 0.4) is 0 Å². The predicted molar refractivity (Wildman–Crippen MR) is 35.0 cm³/mol. The van der Waals surface area contributed by atoms with Crippen molar-refractivity contribution in [3.8, 4) is 0 Å². The summed E-state index contributed by atoms with van der Waals surface area (Å²) >= 11 is 0.841. The van der Waals surface area contributed by atoms with Crippen molar-refractivity contribution < 1.29 is 14.0 Å². The lowest BCUT2D eigenvalue weighted by Crippen LogP contribution is -1.82. The molecular formula is C3H9O3PS. The molecule has 0 aliphatic carbocycles. The zero-order valence-electron chi connectivity index (χ0n) is 4.83. The minimum absolute atomic E-state index is 0.286. The molecule has 0 spiro atoms. The average Bonchev–Trinajstić information content (AvgIpc) is 1.67. The third-order valence-corrected chi connectivity index (χ3v) is 3.27. The molecule has 0 heterocycles. The van der Waals surface area contributed by atoms with Crippen molar-refractivity contribution in [2.75, 3.05) is 12.9 Å². The summed E-state index contributed by atoms with van der Waals surface area (Å²) in [5.74, 6) is 0. The van der Waals surface area contributed by atoms with E-state index in [4.69, 9.17) is 4.89 Å². The highest BCUT2D eigenvalue weighted by atomic mass is 32.7. The van der Waals surface area contributed by atoms with Crippen LogP contribution in [0.2, 0.25) is 0 Å². The highest BCUT2D eigenvalue weighted by Gasteiger charge is 2.14. The molecule has 5 heteroatoms. The first-order valence-electron chi connectivity index (χ1n) is 2.15. The zero-order valence-corrected chi connectivity index (χ0v) is 6.54. The Morgan fingerprint density at radius 1 is 1.88 bits per heavy atom. The highest BCUT2D eigenvalue weighted by Crippen LogP contribution is 2.53. The molecule has 0 aromatic carbocycles. The molecule has 8 heavy (non-hydrogen) atoms. The van der Waals surface area contributed by atoms with Gasteiger partial charge in [-0.05, 0) is 24.6 Å². The van der Waals surface area contributed by atoms with E-state index in [-0.39, 0.29) is 6.61 Å². The summed E-state index contributed by atoms with van der Waals surface area (Å²) in [4.78, 5) is 8.62. The molecule has 1 unspecified atom stereocenters. The lowest BCUT2D eigenvalue weighted by atomic mass is 10.9. The van der Waals surface area contributed by atoms with Crippen molar-refractivity contribution >= 4 is 18.2 Å². The molecule has 0 rings (SSSR count). The Morgan fingerprint density at radius 2 is 2.38 bits per heavy atom. The fourth-order valence-electron chi connectivity index (χ4n) is 0.216. The fraction of sp³-hybridized carbons (Fsp3) is 1.00. The Balaban J connectivity index is 3.55. The van der Waals surface area contributed by atoms with Crippen molar-refractivity contribution in [1.82, 2.24) is 0 Å². The van der Waals surface area contributed by atoms with E-state index in [1.54, 1.807) is 6.92 Å². The summed E-state index contributed by atoms with van der Waals surface area (Å²) in [6.45, 7) is -1.29. The maximum atomic E-state index is 10.5. The van der Waals surface area contributed by atoms with Crippen LogP contribution in [0.25, 0.3) is 0 Å². The first kappa shape index (κ1) is 8.50. The van der Waals surface area contributed by atoms with E-state index in [2.05, 4.69) is 4.52 Å². The third-order valence-electron chi connectivity index (χ3n) is 0.523. The van der Waals surface area contributed by atoms with Crippen LogP contribution >= 0.6 is 18.2 Å². The molecule has 0 aliphatic heterocycles. The molecule has 3 nitrogen and oxygen atoms in total. The van der Waals surface area contributed by atoms with Gasteiger partial charge in [-0.2, -0.15) is 0 Å². The van der Waals surface area contributed by atoms with Crippen molar-refractivity contribution in [3.05, 3.63) is 0 Å². The van der Waals surface area contributed by atoms with Gasteiger partial charge in [0.15, 0.2) is 0 Å². The summed E-state index contributed by atoms with van der Waals surface area (Å²) in [6.07, 6.45) is 1.54. The Bertz CT molecular complexity index is 105. The normalized spacial score (nSPS) is 17.9. The average molecular weight is 156 g/mol. The quantitative estimate of drug-likeness (QED) is 0.629. The predicted octanol–water partition coefficient (Wildman–Crippen LogP) is 1.49. The van der Waals surface area contributed by atoms with Gasteiger partial charge in [0, 0.05) is 0 Å². The first-order valence-corrected chi connectivity index (χ1v) is 5.56. The monoisotopic (exact) mass is 156 g/mol. The van der Waals surface area contributed by atoms with Crippen molar-refractivity contribution in [2.24, 2.45) is 0 Å². The number of rotatable bonds is 3. The molecule has 0 aromatic heterocycles. The van der Waals surface area contributed by atoms with E-state index in [0.29, 0.717) is 0 Å². The smallest absolute Gasteiger partial charge is 0.316 e. The summed E-state index contributed by atoms with van der Waals surface area (Å²) in [5, 5.41) is 0. The minimum atomic E-state index is -3.26. The van der Waals surface area contributed by atoms with Gasteiger partial charge in [0.1, 0.15) is 0 Å². The van der Waals surface area contributed by atoms with Gasteiger partial charge in [-0.3, -0.25) is 0 Å². The fourth-order valence-corrected chi connectivity index (χ4v) is 1.28. The zero-order chi connectivity index (χ0) is 6.62. The molecule has 0 radical (unpaired) electrons. The molecule has 0 saturated carbocycles. The van der Waals surface area contributed by atoms with E-state index in [1.807, 2.05) is 0 Å². The summed E-state index contributed by atoms with van der Waals surface area (Å²) < 4.78 is 14.9. The van der Waals surface area contributed by atoms with E-state index in [1.165, 1.54) is 6.26 Å². The van der Waals surface area contributed by atoms with Crippen LogP contribution in [-0.4, -0.2) is 17.8 Å². The first-order chi connectivity index (χ1) is 3.62. The molecule has 1 atom stereocenters. The van der Waals surface area contributed by atoms with E-state index >= 15 is 0 Å². The molecular weight excluding hydrogens is 147 g/mol. The molecule has 0 aliphatic rings. The van der Waals surface area contributed by atoms with Crippen LogP contribution in [0.15, 0.2) is 0 Å². The molecule has 0 saturated heterocycles. The van der Waals surface area contributed by atoms with Crippen LogP contribution < -0.4 is 0 Å². The van der Waals surface area contributed by atoms with Crippen LogP contribution in [0, 0.1) is 0 Å². The van der Waals surface area contributed by atoms with Crippen molar-refractivity contribution in [2.45, 2.75) is 6.92 Å². The Hall–Kier alpha value is 0.500. The Labute approximate surface area is 52.7 Å². The van der Waals surface area contributed by atoms with Gasteiger partial charge in [0.05, 0.1) is 6.61 Å². The van der Waals surface area contributed by atoms with Crippen molar-refractivity contribution in [1.29, 1.82) is 0 Å². The van der Waals surface area contributed by atoms with E-state index in [9.17, 15) is 4.57 Å². The minimum Gasteiger partial charge on any atom is -0.316 e. The van der Waals surface area contributed by atoms with Gasteiger partial charge in [-0.25, -0.2) is 4.57 Å². The molecule has 1 N–H and O–H groups in total. The van der Waals surface area contributed by atoms with E-state index in [0.717, 1.165) is 11.4 Å². The van der Waals surface area contributed by atoms with E-state index < -0.39 is 6.80 Å². The topological polar surface area (TPSA) is 46.5 Å². The summed E-state index contributed by atoms with van der Waals surface area (Å²) in [5.41, 5.74) is 0. The van der Waals surface area contributed by atoms with Crippen LogP contribution in [0.5, 0.6) is 0 Å². The van der Waals surface area contributed by atoms with Gasteiger partial charge in [-0.15, -0.1) is 0 Å². The van der Waals surface area contributed by atoms with Gasteiger partial charge < -0.3 is 9.42 Å². The van der Waals surface area contributed by atoms with Crippen LogP contribution in [-0.2, 0) is 9.09 Å². The maximum absolute atomic E-state index is 10.5. The van der Waals surface area contributed by atoms with Gasteiger partial charge >= 0.3 is 6.80 Å². The van der Waals surface area contributed by atoms with Gasteiger partial charge in [0.25, 0.3) is 0 Å². The maximum Gasteiger partial charge on any atom is 0.386 e. The summed E-state index contributed by atoms with van der Waals surface area (Å²) in [7, 11) is 0. The Kier molecular flexibility index (Phi) is 3.73. The SMILES string of the molecule is CCOP(=O)(O)SC. The third kappa shape index (κ3) is 3.50. The molecule has 50 valence electrons. The second-order valence-corrected chi connectivity index (χ2v) is 5.11. The lowest BCUT2D eigenvalue weighted by molar-refractivity contribution is 0.291. The van der Waals surface area contributed by atoms with Crippen molar-refractivity contribution in [3.63, 3.8) is 0 Å². The molecule has 0 aromatic rings.